The Hall–Kier alpha value is -2.34. The zero-order valence-electron chi connectivity index (χ0n) is 11.0. The molecule has 1 atom stereocenters. The van der Waals surface area contributed by atoms with Gasteiger partial charge < -0.3 is 20.3 Å². The van der Waals surface area contributed by atoms with E-state index in [4.69, 9.17) is 0 Å². The number of aryl methyl sites for hydroxylation is 1. The molecule has 0 bridgehead atoms. The minimum atomic E-state index is -0.818. The van der Waals surface area contributed by atoms with E-state index in [0.717, 1.165) is 0 Å². The van der Waals surface area contributed by atoms with Gasteiger partial charge in [0.2, 0.25) is 0 Å². The lowest BCUT2D eigenvalue weighted by molar-refractivity contribution is 0.167. The first-order valence-corrected chi connectivity index (χ1v) is 6.16. The van der Waals surface area contributed by atoms with Gasteiger partial charge in [-0.3, -0.25) is 0 Å². The molecule has 5 nitrogen and oxygen atoms in total. The number of aliphatic hydroxyl groups is 1. The van der Waals surface area contributed by atoms with Crippen molar-refractivity contribution in [1.29, 1.82) is 0 Å². The lowest BCUT2D eigenvalue weighted by Crippen LogP contribution is -2.33. The number of para-hydroxylation sites is 1. The molecule has 2 aromatic rings. The van der Waals surface area contributed by atoms with Crippen molar-refractivity contribution in [2.24, 2.45) is 7.05 Å². The maximum atomic E-state index is 13.3. The third-order valence-electron chi connectivity index (χ3n) is 2.90. The summed E-state index contributed by atoms with van der Waals surface area (Å²) in [6.07, 6.45) is 0.985. The summed E-state index contributed by atoms with van der Waals surface area (Å²) in [5, 5.41) is 14.8. The van der Waals surface area contributed by atoms with Gasteiger partial charge in [0.15, 0.2) is 0 Å². The van der Waals surface area contributed by atoms with Crippen LogP contribution in [-0.2, 0) is 7.05 Å². The third-order valence-corrected chi connectivity index (χ3v) is 2.90. The van der Waals surface area contributed by atoms with Crippen LogP contribution in [0.5, 0.6) is 0 Å². The third kappa shape index (κ3) is 3.36. The zero-order valence-corrected chi connectivity index (χ0v) is 11.0. The molecule has 1 heterocycles. The second kappa shape index (κ2) is 6.21. The number of nitrogens with one attached hydrogen (secondary N) is 2. The molecule has 1 unspecified atom stereocenters. The summed E-state index contributed by atoms with van der Waals surface area (Å²) in [7, 11) is 1.80. The Bertz CT molecular complexity index is 598. The molecule has 1 aromatic carbocycles. The van der Waals surface area contributed by atoms with Gasteiger partial charge in [0.25, 0.3) is 0 Å². The summed E-state index contributed by atoms with van der Waals surface area (Å²) in [6, 6.07) is 8.88. The number of carbonyl (C=O) groups excluding carboxylic acids is 1. The highest BCUT2D eigenvalue weighted by Crippen LogP contribution is 2.13. The fourth-order valence-electron chi connectivity index (χ4n) is 1.84. The molecule has 106 valence electrons. The predicted molar refractivity (Wildman–Crippen MR) is 73.8 cm³/mol. The first-order chi connectivity index (χ1) is 9.58. The summed E-state index contributed by atoms with van der Waals surface area (Å²) in [4.78, 5) is 11.6. The smallest absolute Gasteiger partial charge is 0.319 e. The van der Waals surface area contributed by atoms with Gasteiger partial charge in [0.05, 0.1) is 12.2 Å². The lowest BCUT2D eigenvalue weighted by atomic mass is 10.2. The predicted octanol–water partition coefficient (Wildman–Crippen LogP) is 2.02. The van der Waals surface area contributed by atoms with Crippen LogP contribution in [0.4, 0.5) is 14.9 Å². The maximum absolute atomic E-state index is 13.3. The van der Waals surface area contributed by atoms with Crippen LogP contribution in [0.2, 0.25) is 0 Å². The number of benzene rings is 1. The van der Waals surface area contributed by atoms with E-state index < -0.39 is 18.0 Å². The van der Waals surface area contributed by atoms with Crippen molar-refractivity contribution in [3.63, 3.8) is 0 Å². The Morgan fingerprint density at radius 1 is 1.35 bits per heavy atom. The number of hydrogen-bond donors (Lipinski definition) is 3. The van der Waals surface area contributed by atoms with Crippen LogP contribution in [-0.4, -0.2) is 22.2 Å². The van der Waals surface area contributed by atoms with Crippen molar-refractivity contribution in [2.75, 3.05) is 11.9 Å². The van der Waals surface area contributed by atoms with Crippen molar-refractivity contribution in [1.82, 2.24) is 9.88 Å². The van der Waals surface area contributed by atoms with Gasteiger partial charge in [0, 0.05) is 18.9 Å². The monoisotopic (exact) mass is 277 g/mol. The fraction of sp³-hybridized carbons (Fsp3) is 0.214. The van der Waals surface area contributed by atoms with Gasteiger partial charge in [-0.05, 0) is 24.3 Å². The van der Waals surface area contributed by atoms with Crippen molar-refractivity contribution < 1.29 is 14.3 Å². The first-order valence-electron chi connectivity index (χ1n) is 6.16. The minimum absolute atomic E-state index is 0.0398. The summed E-state index contributed by atoms with van der Waals surface area (Å²) >= 11 is 0. The summed E-state index contributed by atoms with van der Waals surface area (Å²) < 4.78 is 15.1. The molecule has 0 spiro atoms. The highest BCUT2D eigenvalue weighted by Gasteiger charge is 2.12. The zero-order chi connectivity index (χ0) is 14.5. The van der Waals surface area contributed by atoms with Crippen molar-refractivity contribution in [3.8, 4) is 0 Å². The van der Waals surface area contributed by atoms with E-state index in [9.17, 15) is 14.3 Å². The average molecular weight is 277 g/mol. The molecule has 6 heteroatoms. The second-order valence-corrected chi connectivity index (χ2v) is 4.37. The Morgan fingerprint density at radius 3 is 2.75 bits per heavy atom. The van der Waals surface area contributed by atoms with E-state index in [1.165, 1.54) is 18.2 Å². The van der Waals surface area contributed by atoms with Crippen molar-refractivity contribution in [3.05, 3.63) is 54.1 Å². The van der Waals surface area contributed by atoms with Gasteiger partial charge >= 0.3 is 6.03 Å². The van der Waals surface area contributed by atoms with E-state index in [1.54, 1.807) is 36.0 Å². The molecular formula is C14H16FN3O2. The van der Waals surface area contributed by atoms with E-state index in [-0.39, 0.29) is 12.2 Å². The molecule has 3 N–H and O–H groups in total. The molecule has 2 rings (SSSR count). The van der Waals surface area contributed by atoms with Gasteiger partial charge in [-0.15, -0.1) is 0 Å². The van der Waals surface area contributed by atoms with Gasteiger partial charge in [-0.2, -0.15) is 0 Å². The molecular weight excluding hydrogens is 261 g/mol. The van der Waals surface area contributed by atoms with Crippen LogP contribution < -0.4 is 10.6 Å². The van der Waals surface area contributed by atoms with Crippen LogP contribution >= 0.6 is 0 Å². The maximum Gasteiger partial charge on any atom is 0.319 e. The van der Waals surface area contributed by atoms with E-state index >= 15 is 0 Å². The standard InChI is InChI=1S/C14H16FN3O2/c1-18-8-4-7-12(18)13(19)9-16-14(20)17-11-6-3-2-5-10(11)15/h2-8,13,19H,9H2,1H3,(H2,16,17,20). The number of anilines is 1. The minimum Gasteiger partial charge on any atom is -0.385 e. The largest absolute Gasteiger partial charge is 0.385 e. The van der Waals surface area contributed by atoms with E-state index in [2.05, 4.69) is 10.6 Å². The molecule has 20 heavy (non-hydrogen) atoms. The Balaban J connectivity index is 1.87. The van der Waals surface area contributed by atoms with Crippen LogP contribution in [0.25, 0.3) is 0 Å². The number of aliphatic hydroxyl groups excluding tert-OH is 1. The first kappa shape index (κ1) is 14.1. The van der Waals surface area contributed by atoms with Crippen LogP contribution in [0.3, 0.4) is 0 Å². The molecule has 0 radical (unpaired) electrons. The Labute approximate surface area is 116 Å². The molecule has 0 fully saturated rings. The number of urea groups is 1. The lowest BCUT2D eigenvalue weighted by Gasteiger charge is -2.13. The number of carbonyl (C=O) groups is 1. The Kier molecular flexibility index (Phi) is 4.37. The number of halogens is 1. The molecule has 0 saturated carbocycles. The molecule has 0 aliphatic heterocycles. The summed E-state index contributed by atoms with van der Waals surface area (Å²) in [5.74, 6) is -0.509. The van der Waals surface area contributed by atoms with E-state index in [1.807, 2.05) is 0 Å². The van der Waals surface area contributed by atoms with Gasteiger partial charge in [-0.25, -0.2) is 9.18 Å². The number of nitrogens with zero attached hydrogens (tertiary/aromatic N) is 1. The van der Waals surface area contributed by atoms with Crippen molar-refractivity contribution >= 4 is 11.7 Å². The molecule has 1 aromatic heterocycles. The SMILES string of the molecule is Cn1cccc1C(O)CNC(=O)Nc1ccccc1F. The topological polar surface area (TPSA) is 66.3 Å². The second-order valence-electron chi connectivity index (χ2n) is 4.37. The number of aromatic nitrogens is 1. The quantitative estimate of drug-likeness (QED) is 0.800. The molecule has 2 amide bonds. The van der Waals surface area contributed by atoms with E-state index in [0.29, 0.717) is 5.69 Å². The van der Waals surface area contributed by atoms with Gasteiger partial charge in [-0.1, -0.05) is 12.1 Å². The average Bonchev–Trinajstić information content (AvgIpc) is 2.85. The summed E-state index contributed by atoms with van der Waals surface area (Å²) in [5.41, 5.74) is 0.787. The fourth-order valence-corrected chi connectivity index (χ4v) is 1.84. The highest BCUT2D eigenvalue weighted by molar-refractivity contribution is 5.89. The number of amides is 2. The number of rotatable bonds is 4. The van der Waals surface area contributed by atoms with Gasteiger partial charge in [0.1, 0.15) is 11.9 Å². The molecule has 0 aliphatic rings. The number of hydrogen-bond acceptors (Lipinski definition) is 2. The van der Waals surface area contributed by atoms with Crippen LogP contribution in [0.1, 0.15) is 11.8 Å². The highest BCUT2D eigenvalue weighted by atomic mass is 19.1. The Morgan fingerprint density at radius 2 is 2.10 bits per heavy atom. The van der Waals surface area contributed by atoms with Crippen LogP contribution in [0, 0.1) is 5.82 Å². The normalized spacial score (nSPS) is 11.9. The molecule has 0 saturated heterocycles. The molecule has 0 aliphatic carbocycles. The van der Waals surface area contributed by atoms with Crippen molar-refractivity contribution in [2.45, 2.75) is 6.10 Å². The van der Waals surface area contributed by atoms with Crippen LogP contribution in [0.15, 0.2) is 42.6 Å². The summed E-state index contributed by atoms with van der Waals surface area (Å²) in [6.45, 7) is 0.0398.